The minimum absolute atomic E-state index is 0.0102. The van der Waals surface area contributed by atoms with Crippen LogP contribution in [0.4, 0.5) is 0 Å². The van der Waals surface area contributed by atoms with Gasteiger partial charge in [0.2, 0.25) is 5.91 Å². The Kier molecular flexibility index (Phi) is 4.45. The summed E-state index contributed by atoms with van der Waals surface area (Å²) < 4.78 is 0. The molecule has 2 atom stereocenters. The van der Waals surface area contributed by atoms with Crippen LogP contribution in [-0.4, -0.2) is 48.9 Å². The van der Waals surface area contributed by atoms with E-state index in [0.29, 0.717) is 0 Å². The van der Waals surface area contributed by atoms with E-state index in [9.17, 15) is 4.79 Å². The topological polar surface area (TPSA) is 49.6 Å². The van der Waals surface area contributed by atoms with Crippen molar-refractivity contribution < 1.29 is 4.79 Å². The van der Waals surface area contributed by atoms with Crippen LogP contribution in [0.3, 0.4) is 0 Å². The van der Waals surface area contributed by atoms with Crippen LogP contribution in [-0.2, 0) is 10.3 Å². The zero-order chi connectivity index (χ0) is 14.8. The summed E-state index contributed by atoms with van der Waals surface area (Å²) in [6, 6.07) is 9.86. The minimum atomic E-state index is -0.966. The highest BCUT2D eigenvalue weighted by atomic mass is 16.2. The van der Waals surface area contributed by atoms with Crippen molar-refractivity contribution in [2.24, 2.45) is 5.73 Å². The van der Waals surface area contributed by atoms with Gasteiger partial charge in [-0.3, -0.25) is 4.79 Å². The molecule has 1 aliphatic rings. The number of rotatable bonds is 3. The highest BCUT2D eigenvalue weighted by Gasteiger charge is 2.36. The van der Waals surface area contributed by atoms with Crippen molar-refractivity contribution in [1.82, 2.24) is 9.80 Å². The lowest BCUT2D eigenvalue weighted by Crippen LogP contribution is -2.55. The molecule has 1 heterocycles. The number of nitrogens with two attached hydrogens (primary N) is 1. The van der Waals surface area contributed by atoms with E-state index in [1.54, 1.807) is 6.92 Å². The molecule has 2 rings (SSSR count). The molecule has 1 saturated heterocycles. The number of carbonyl (C=O) groups is 1. The van der Waals surface area contributed by atoms with Gasteiger partial charge in [-0.25, -0.2) is 0 Å². The van der Waals surface area contributed by atoms with E-state index in [4.69, 9.17) is 5.73 Å². The quantitative estimate of drug-likeness (QED) is 0.907. The van der Waals surface area contributed by atoms with Crippen LogP contribution in [0.5, 0.6) is 0 Å². The number of hydrogen-bond acceptors (Lipinski definition) is 3. The number of amides is 1. The predicted molar refractivity (Wildman–Crippen MR) is 81.3 cm³/mol. The van der Waals surface area contributed by atoms with Gasteiger partial charge in [0.25, 0.3) is 0 Å². The predicted octanol–water partition coefficient (Wildman–Crippen LogP) is 1.41. The van der Waals surface area contributed by atoms with E-state index in [1.165, 1.54) is 0 Å². The molecule has 0 aromatic heterocycles. The first-order valence-electron chi connectivity index (χ1n) is 7.23. The van der Waals surface area contributed by atoms with E-state index in [0.717, 1.165) is 31.5 Å². The van der Waals surface area contributed by atoms with Crippen LogP contribution in [0.25, 0.3) is 0 Å². The zero-order valence-corrected chi connectivity index (χ0v) is 12.7. The fourth-order valence-electron chi connectivity index (χ4n) is 2.90. The van der Waals surface area contributed by atoms with Gasteiger partial charge in [-0.05, 0) is 38.9 Å². The maximum Gasteiger partial charge on any atom is 0.247 e. The molecule has 0 aliphatic carbocycles. The van der Waals surface area contributed by atoms with Crippen LogP contribution in [0.1, 0.15) is 25.3 Å². The molecule has 1 aromatic carbocycles. The highest BCUT2D eigenvalue weighted by Crippen LogP contribution is 2.23. The van der Waals surface area contributed by atoms with Gasteiger partial charge in [-0.15, -0.1) is 0 Å². The van der Waals surface area contributed by atoms with Gasteiger partial charge in [0, 0.05) is 19.6 Å². The Labute approximate surface area is 121 Å². The molecule has 110 valence electrons. The second-order valence-electron chi connectivity index (χ2n) is 6.04. The van der Waals surface area contributed by atoms with Crippen LogP contribution in [0, 0.1) is 0 Å². The number of carbonyl (C=O) groups excluding carboxylic acids is 1. The summed E-state index contributed by atoms with van der Waals surface area (Å²) in [6.45, 7) is 3.83. The maximum absolute atomic E-state index is 12.8. The van der Waals surface area contributed by atoms with Crippen molar-refractivity contribution in [3.05, 3.63) is 35.9 Å². The number of likely N-dealkylation sites (N-methyl/N-ethyl adjacent to an activating group) is 2. The lowest BCUT2D eigenvalue weighted by atomic mass is 9.90. The zero-order valence-electron chi connectivity index (χ0n) is 12.7. The largest absolute Gasteiger partial charge is 0.340 e. The molecule has 1 aliphatic heterocycles. The molecule has 0 saturated carbocycles. The Morgan fingerprint density at radius 3 is 2.65 bits per heavy atom. The SMILES string of the molecule is CN1CCCC(N(C)C(=O)C(C)(N)c2ccccc2)C1. The maximum atomic E-state index is 12.8. The summed E-state index contributed by atoms with van der Waals surface area (Å²) in [4.78, 5) is 16.9. The second kappa shape index (κ2) is 5.94. The van der Waals surface area contributed by atoms with Gasteiger partial charge >= 0.3 is 0 Å². The van der Waals surface area contributed by atoms with E-state index >= 15 is 0 Å². The van der Waals surface area contributed by atoms with Gasteiger partial charge in [-0.1, -0.05) is 30.3 Å². The number of hydrogen-bond donors (Lipinski definition) is 1. The normalized spacial score (nSPS) is 23.1. The van der Waals surface area contributed by atoms with Crippen molar-refractivity contribution >= 4 is 5.91 Å². The summed E-state index contributed by atoms with van der Waals surface area (Å²) in [5, 5.41) is 0. The number of likely N-dealkylation sites (tertiary alicyclic amines) is 1. The van der Waals surface area contributed by atoms with Crippen molar-refractivity contribution in [1.29, 1.82) is 0 Å². The van der Waals surface area contributed by atoms with Crippen LogP contribution >= 0.6 is 0 Å². The van der Waals surface area contributed by atoms with Crippen LogP contribution in [0.15, 0.2) is 30.3 Å². The summed E-state index contributed by atoms with van der Waals surface area (Å²) >= 11 is 0. The fourth-order valence-corrected chi connectivity index (χ4v) is 2.90. The standard InChI is InChI=1S/C16H25N3O/c1-16(17,13-8-5-4-6-9-13)15(20)19(3)14-10-7-11-18(2)12-14/h4-6,8-9,14H,7,10-12,17H2,1-3H3. The van der Waals surface area contributed by atoms with Crippen molar-refractivity contribution in [2.45, 2.75) is 31.3 Å². The summed E-state index contributed by atoms with van der Waals surface area (Å²) in [6.07, 6.45) is 2.18. The molecule has 4 heteroatoms. The van der Waals surface area contributed by atoms with E-state index in [-0.39, 0.29) is 11.9 Å². The van der Waals surface area contributed by atoms with Gasteiger partial charge in [-0.2, -0.15) is 0 Å². The van der Waals surface area contributed by atoms with Crippen molar-refractivity contribution in [3.63, 3.8) is 0 Å². The minimum Gasteiger partial charge on any atom is -0.340 e. The monoisotopic (exact) mass is 275 g/mol. The molecule has 0 spiro atoms. The molecule has 0 bridgehead atoms. The van der Waals surface area contributed by atoms with E-state index < -0.39 is 5.54 Å². The lowest BCUT2D eigenvalue weighted by Gasteiger charge is -2.39. The third kappa shape index (κ3) is 3.02. The average Bonchev–Trinajstić information content (AvgIpc) is 2.46. The third-order valence-corrected chi connectivity index (χ3v) is 4.29. The molecule has 1 aromatic rings. The van der Waals surface area contributed by atoms with Crippen molar-refractivity contribution in [2.75, 3.05) is 27.2 Å². The average molecular weight is 275 g/mol. The van der Waals surface area contributed by atoms with Crippen LogP contribution in [0.2, 0.25) is 0 Å². The molecular formula is C16H25N3O. The highest BCUT2D eigenvalue weighted by molar-refractivity contribution is 5.87. The van der Waals surface area contributed by atoms with E-state index in [2.05, 4.69) is 11.9 Å². The van der Waals surface area contributed by atoms with Gasteiger partial charge in [0.15, 0.2) is 0 Å². The Hall–Kier alpha value is -1.39. The third-order valence-electron chi connectivity index (χ3n) is 4.29. The number of nitrogens with zero attached hydrogens (tertiary/aromatic N) is 2. The lowest BCUT2D eigenvalue weighted by molar-refractivity contribution is -0.138. The molecular weight excluding hydrogens is 250 g/mol. The van der Waals surface area contributed by atoms with Gasteiger partial charge in [0.05, 0.1) is 0 Å². The molecule has 20 heavy (non-hydrogen) atoms. The summed E-state index contributed by atoms with van der Waals surface area (Å²) in [7, 11) is 3.98. The Morgan fingerprint density at radius 1 is 1.40 bits per heavy atom. The Bertz CT molecular complexity index is 458. The molecule has 1 amide bonds. The molecule has 4 nitrogen and oxygen atoms in total. The smallest absolute Gasteiger partial charge is 0.247 e. The second-order valence-corrected chi connectivity index (χ2v) is 6.04. The molecule has 0 radical (unpaired) electrons. The molecule has 1 fully saturated rings. The molecule has 2 unspecified atom stereocenters. The first kappa shape index (κ1) is 15.0. The summed E-state index contributed by atoms with van der Waals surface area (Å²) in [5.74, 6) is -0.0102. The first-order valence-corrected chi connectivity index (χ1v) is 7.23. The van der Waals surface area contributed by atoms with Crippen LogP contribution < -0.4 is 5.73 Å². The van der Waals surface area contributed by atoms with Gasteiger partial charge in [0.1, 0.15) is 5.54 Å². The fraction of sp³-hybridized carbons (Fsp3) is 0.562. The Morgan fingerprint density at radius 2 is 2.05 bits per heavy atom. The first-order chi connectivity index (χ1) is 9.43. The van der Waals surface area contributed by atoms with Crippen molar-refractivity contribution in [3.8, 4) is 0 Å². The van der Waals surface area contributed by atoms with Gasteiger partial charge < -0.3 is 15.5 Å². The number of piperidine rings is 1. The summed E-state index contributed by atoms with van der Waals surface area (Å²) in [5.41, 5.74) is 6.21. The number of benzene rings is 1. The van der Waals surface area contributed by atoms with E-state index in [1.807, 2.05) is 42.3 Å². The molecule has 2 N–H and O–H groups in total. The Balaban J connectivity index is 2.13.